The number of hydrogen-bond acceptors (Lipinski definition) is 2. The van der Waals surface area contributed by atoms with Crippen molar-refractivity contribution in [1.29, 1.82) is 0 Å². The van der Waals surface area contributed by atoms with Crippen LogP contribution in [0.1, 0.15) is 58.8 Å². The molecule has 1 atom stereocenters. The normalized spacial score (nSPS) is 18.0. The van der Waals surface area contributed by atoms with Gasteiger partial charge in [0.15, 0.2) is 5.96 Å². The highest BCUT2D eigenvalue weighted by Crippen LogP contribution is 2.17. The molecule has 1 rings (SSSR count). The van der Waals surface area contributed by atoms with Gasteiger partial charge in [-0.3, -0.25) is 9.79 Å². The maximum atomic E-state index is 11.7. The van der Waals surface area contributed by atoms with Crippen LogP contribution in [0.2, 0.25) is 0 Å². The molecule has 4 N–H and O–H groups in total. The molecule has 118 valence electrons. The molecule has 0 aliphatic heterocycles. The standard InChI is InChI=1S/C14H28N4O.HI/c1-3-11(2)17-14(15)16-10-9-13(19)18-12-7-5-4-6-8-12;/h11-12H,3-10H2,1-2H3,(H,18,19)(H3,15,16,17);1H. The predicted molar refractivity (Wildman–Crippen MR) is 94.4 cm³/mol. The zero-order valence-corrected chi connectivity index (χ0v) is 15.0. The minimum absolute atomic E-state index is 0. The summed E-state index contributed by atoms with van der Waals surface area (Å²) < 4.78 is 0. The molecule has 0 aromatic carbocycles. The molecule has 1 unspecified atom stereocenters. The van der Waals surface area contributed by atoms with Gasteiger partial charge in [0, 0.05) is 18.5 Å². The molecule has 0 radical (unpaired) electrons. The maximum Gasteiger partial charge on any atom is 0.222 e. The Labute approximate surface area is 139 Å². The van der Waals surface area contributed by atoms with Crippen molar-refractivity contribution in [2.75, 3.05) is 6.54 Å². The van der Waals surface area contributed by atoms with Crippen LogP contribution in [0.15, 0.2) is 4.99 Å². The zero-order chi connectivity index (χ0) is 14.1. The fraction of sp³-hybridized carbons (Fsp3) is 0.857. The Morgan fingerprint density at radius 1 is 1.35 bits per heavy atom. The first kappa shape index (κ1) is 19.5. The Kier molecular flexibility index (Phi) is 10.9. The third-order valence-corrected chi connectivity index (χ3v) is 3.60. The van der Waals surface area contributed by atoms with E-state index in [2.05, 4.69) is 29.5 Å². The molecule has 1 aliphatic rings. The van der Waals surface area contributed by atoms with Crippen LogP contribution in [0, 0.1) is 0 Å². The number of hydrogen-bond donors (Lipinski definition) is 3. The van der Waals surface area contributed by atoms with Crippen molar-refractivity contribution in [2.45, 2.75) is 70.9 Å². The Morgan fingerprint density at radius 3 is 2.60 bits per heavy atom. The molecule has 20 heavy (non-hydrogen) atoms. The highest BCUT2D eigenvalue weighted by Gasteiger charge is 2.15. The van der Waals surface area contributed by atoms with Gasteiger partial charge in [-0.2, -0.15) is 0 Å². The molecule has 0 heterocycles. The number of aliphatic imine (C=N–C) groups is 1. The summed E-state index contributed by atoms with van der Waals surface area (Å²) in [7, 11) is 0. The fourth-order valence-corrected chi connectivity index (χ4v) is 2.22. The largest absolute Gasteiger partial charge is 0.370 e. The maximum absolute atomic E-state index is 11.7. The third-order valence-electron chi connectivity index (χ3n) is 3.60. The van der Waals surface area contributed by atoms with E-state index in [4.69, 9.17) is 5.73 Å². The van der Waals surface area contributed by atoms with E-state index in [1.165, 1.54) is 19.3 Å². The average molecular weight is 396 g/mol. The molecule has 6 heteroatoms. The lowest BCUT2D eigenvalue weighted by molar-refractivity contribution is -0.121. The van der Waals surface area contributed by atoms with E-state index in [1.54, 1.807) is 0 Å². The number of amides is 1. The Hall–Kier alpha value is -0.530. The number of carbonyl (C=O) groups is 1. The number of carbonyl (C=O) groups excluding carboxylic acids is 1. The van der Waals surface area contributed by atoms with E-state index < -0.39 is 0 Å². The summed E-state index contributed by atoms with van der Waals surface area (Å²) in [5, 5.41) is 6.16. The quantitative estimate of drug-likeness (QED) is 0.366. The van der Waals surface area contributed by atoms with Crippen LogP contribution in [0.3, 0.4) is 0 Å². The molecule has 0 spiro atoms. The van der Waals surface area contributed by atoms with E-state index >= 15 is 0 Å². The van der Waals surface area contributed by atoms with Gasteiger partial charge in [-0.25, -0.2) is 0 Å². The summed E-state index contributed by atoms with van der Waals surface area (Å²) in [5.41, 5.74) is 5.73. The van der Waals surface area contributed by atoms with Gasteiger partial charge in [0.05, 0.1) is 6.54 Å². The molecule has 0 bridgehead atoms. The van der Waals surface area contributed by atoms with Crippen molar-refractivity contribution in [1.82, 2.24) is 10.6 Å². The number of halogens is 1. The molecular formula is C14H29IN4O. The predicted octanol–water partition coefficient (Wildman–Crippen LogP) is 2.15. The van der Waals surface area contributed by atoms with E-state index in [0.29, 0.717) is 31.0 Å². The summed E-state index contributed by atoms with van der Waals surface area (Å²) in [6, 6.07) is 0.695. The molecule has 1 aliphatic carbocycles. The molecule has 1 saturated carbocycles. The molecule has 1 amide bonds. The van der Waals surface area contributed by atoms with Gasteiger partial charge in [0.2, 0.25) is 5.91 Å². The van der Waals surface area contributed by atoms with Crippen LogP contribution in [0.5, 0.6) is 0 Å². The molecule has 5 nitrogen and oxygen atoms in total. The molecule has 0 aromatic rings. The van der Waals surface area contributed by atoms with Crippen LogP contribution in [-0.2, 0) is 4.79 Å². The summed E-state index contributed by atoms with van der Waals surface area (Å²) >= 11 is 0. The second-order valence-corrected chi connectivity index (χ2v) is 5.37. The third kappa shape index (κ3) is 8.60. The first-order chi connectivity index (χ1) is 9.11. The van der Waals surface area contributed by atoms with E-state index in [0.717, 1.165) is 19.3 Å². The van der Waals surface area contributed by atoms with Crippen molar-refractivity contribution < 1.29 is 4.79 Å². The molecule has 0 saturated heterocycles. The lowest BCUT2D eigenvalue weighted by atomic mass is 9.95. The number of guanidine groups is 1. The van der Waals surface area contributed by atoms with E-state index in [9.17, 15) is 4.79 Å². The second-order valence-electron chi connectivity index (χ2n) is 5.37. The Morgan fingerprint density at radius 2 is 2.00 bits per heavy atom. The first-order valence-electron chi connectivity index (χ1n) is 7.47. The summed E-state index contributed by atoms with van der Waals surface area (Å²) in [6.07, 6.45) is 7.41. The summed E-state index contributed by atoms with van der Waals surface area (Å²) in [5.74, 6) is 0.520. The SMILES string of the molecule is CCC(C)NC(N)=NCCC(=O)NC1CCCCC1.I. The average Bonchev–Trinajstić information content (AvgIpc) is 2.39. The number of nitrogens with one attached hydrogen (secondary N) is 2. The molecule has 1 fully saturated rings. The van der Waals surface area contributed by atoms with E-state index in [1.807, 2.05) is 0 Å². The Balaban J connectivity index is 0.00000361. The first-order valence-corrected chi connectivity index (χ1v) is 7.47. The van der Waals surface area contributed by atoms with Gasteiger partial charge < -0.3 is 16.4 Å². The Bertz CT molecular complexity index is 304. The zero-order valence-electron chi connectivity index (χ0n) is 12.7. The van der Waals surface area contributed by atoms with Crippen molar-refractivity contribution in [3.05, 3.63) is 0 Å². The van der Waals surface area contributed by atoms with Crippen molar-refractivity contribution in [3.63, 3.8) is 0 Å². The summed E-state index contributed by atoms with van der Waals surface area (Å²) in [6.45, 7) is 4.59. The van der Waals surface area contributed by atoms with Crippen molar-refractivity contribution >= 4 is 35.8 Å². The van der Waals surface area contributed by atoms with Crippen LogP contribution >= 0.6 is 24.0 Å². The topological polar surface area (TPSA) is 79.5 Å². The molecular weight excluding hydrogens is 367 g/mol. The van der Waals surface area contributed by atoms with Gasteiger partial charge >= 0.3 is 0 Å². The lowest BCUT2D eigenvalue weighted by Gasteiger charge is -2.22. The molecule has 0 aromatic heterocycles. The number of nitrogens with zero attached hydrogens (tertiary/aromatic N) is 1. The minimum Gasteiger partial charge on any atom is -0.370 e. The number of rotatable bonds is 6. The smallest absolute Gasteiger partial charge is 0.222 e. The van der Waals surface area contributed by atoms with Gasteiger partial charge in [-0.1, -0.05) is 26.2 Å². The van der Waals surface area contributed by atoms with Gasteiger partial charge in [-0.15, -0.1) is 24.0 Å². The van der Waals surface area contributed by atoms with Gasteiger partial charge in [0.1, 0.15) is 0 Å². The lowest BCUT2D eigenvalue weighted by Crippen LogP contribution is -2.39. The summed E-state index contributed by atoms with van der Waals surface area (Å²) in [4.78, 5) is 15.9. The van der Waals surface area contributed by atoms with Gasteiger partial charge in [0.25, 0.3) is 0 Å². The highest BCUT2D eigenvalue weighted by atomic mass is 127. The van der Waals surface area contributed by atoms with Crippen LogP contribution in [0.4, 0.5) is 0 Å². The van der Waals surface area contributed by atoms with Crippen LogP contribution in [-0.4, -0.2) is 30.5 Å². The highest BCUT2D eigenvalue weighted by molar-refractivity contribution is 14.0. The van der Waals surface area contributed by atoms with Crippen LogP contribution in [0.25, 0.3) is 0 Å². The minimum atomic E-state index is 0. The number of nitrogens with two attached hydrogens (primary N) is 1. The van der Waals surface area contributed by atoms with Crippen LogP contribution < -0.4 is 16.4 Å². The monoisotopic (exact) mass is 396 g/mol. The van der Waals surface area contributed by atoms with E-state index in [-0.39, 0.29) is 29.9 Å². The van der Waals surface area contributed by atoms with Crippen molar-refractivity contribution in [3.8, 4) is 0 Å². The fourth-order valence-electron chi connectivity index (χ4n) is 2.22. The van der Waals surface area contributed by atoms with Gasteiger partial charge in [-0.05, 0) is 26.2 Å². The van der Waals surface area contributed by atoms with Crippen molar-refractivity contribution in [2.24, 2.45) is 10.7 Å². The second kappa shape index (κ2) is 11.2.